The van der Waals surface area contributed by atoms with Crippen molar-refractivity contribution in [2.75, 3.05) is 31.6 Å². The lowest BCUT2D eigenvalue weighted by Gasteiger charge is -2.46. The number of aromatic nitrogens is 2. The predicted molar refractivity (Wildman–Crippen MR) is 100 cm³/mol. The van der Waals surface area contributed by atoms with Crippen LogP contribution in [0.4, 0.5) is 10.2 Å². The molecule has 1 aromatic heterocycles. The zero-order valence-corrected chi connectivity index (χ0v) is 16.1. The molecule has 6 nitrogen and oxygen atoms in total. The van der Waals surface area contributed by atoms with E-state index in [-0.39, 0.29) is 28.2 Å². The molecule has 8 heteroatoms. The van der Waals surface area contributed by atoms with E-state index in [9.17, 15) is 4.79 Å². The maximum atomic E-state index is 15.1. The van der Waals surface area contributed by atoms with Crippen LogP contribution >= 0.6 is 11.6 Å². The zero-order chi connectivity index (χ0) is 18.7. The summed E-state index contributed by atoms with van der Waals surface area (Å²) in [5.41, 5.74) is -0.00179. The Labute approximate surface area is 156 Å². The summed E-state index contributed by atoms with van der Waals surface area (Å²) in [4.78, 5) is 21.2. The third-order valence-corrected chi connectivity index (χ3v) is 5.94. The SMILES string of the molecule is Cc1c(Cl)c2c3c(nc(=O)n(C)c3c1F)N1C(C)CN(C)CC1CCO2. The molecule has 0 amide bonds. The molecular formula is C18H22ClFN4O2. The van der Waals surface area contributed by atoms with Gasteiger partial charge in [0.05, 0.1) is 22.5 Å². The summed E-state index contributed by atoms with van der Waals surface area (Å²) in [6.45, 7) is 5.85. The van der Waals surface area contributed by atoms with E-state index >= 15 is 4.39 Å². The van der Waals surface area contributed by atoms with E-state index in [4.69, 9.17) is 16.3 Å². The van der Waals surface area contributed by atoms with Crippen LogP contribution in [0.5, 0.6) is 5.75 Å². The first-order chi connectivity index (χ1) is 12.3. The minimum Gasteiger partial charge on any atom is -0.491 e. The number of anilines is 1. The highest BCUT2D eigenvalue weighted by molar-refractivity contribution is 6.34. The second-order valence-electron chi connectivity index (χ2n) is 7.35. The number of nitrogens with zero attached hydrogens (tertiary/aromatic N) is 4. The number of ether oxygens (including phenoxy) is 1. The molecule has 1 saturated heterocycles. The Balaban J connectivity index is 2.12. The lowest BCUT2D eigenvalue weighted by molar-refractivity contribution is 0.201. The molecule has 2 aliphatic heterocycles. The predicted octanol–water partition coefficient (Wildman–Crippen LogP) is 2.33. The van der Waals surface area contributed by atoms with Gasteiger partial charge in [-0.2, -0.15) is 4.98 Å². The number of benzene rings is 1. The molecule has 3 heterocycles. The molecule has 26 heavy (non-hydrogen) atoms. The van der Waals surface area contributed by atoms with Crippen LogP contribution < -0.4 is 15.3 Å². The molecule has 0 bridgehead atoms. The molecular weight excluding hydrogens is 359 g/mol. The van der Waals surface area contributed by atoms with Gasteiger partial charge >= 0.3 is 5.69 Å². The molecule has 2 unspecified atom stereocenters. The van der Waals surface area contributed by atoms with Crippen LogP contribution in [0.15, 0.2) is 4.79 Å². The van der Waals surface area contributed by atoms with Crippen molar-refractivity contribution < 1.29 is 9.13 Å². The number of fused-ring (bicyclic) bond motifs is 2. The van der Waals surface area contributed by atoms with Gasteiger partial charge in [-0.15, -0.1) is 0 Å². The number of hydrogen-bond acceptors (Lipinski definition) is 5. The van der Waals surface area contributed by atoms with Gasteiger partial charge in [-0.3, -0.25) is 4.57 Å². The highest BCUT2D eigenvalue weighted by atomic mass is 35.5. The number of piperazine rings is 1. The van der Waals surface area contributed by atoms with E-state index in [1.807, 2.05) is 0 Å². The molecule has 0 spiro atoms. The topological polar surface area (TPSA) is 50.6 Å². The van der Waals surface area contributed by atoms with Crippen LogP contribution in [-0.2, 0) is 7.05 Å². The van der Waals surface area contributed by atoms with Crippen LogP contribution in [0.25, 0.3) is 10.9 Å². The molecule has 2 aromatic rings. The van der Waals surface area contributed by atoms with Gasteiger partial charge in [0.15, 0.2) is 11.6 Å². The smallest absolute Gasteiger partial charge is 0.349 e. The Hall–Kier alpha value is -1.86. The van der Waals surface area contributed by atoms with Crippen molar-refractivity contribution in [3.8, 4) is 5.75 Å². The summed E-state index contributed by atoms with van der Waals surface area (Å²) in [5, 5.41) is 0.734. The summed E-state index contributed by atoms with van der Waals surface area (Å²) in [6, 6.07) is 0.276. The summed E-state index contributed by atoms with van der Waals surface area (Å²) in [7, 11) is 3.60. The number of rotatable bonds is 0. The minimum atomic E-state index is -0.500. The average molecular weight is 381 g/mol. The molecule has 140 valence electrons. The van der Waals surface area contributed by atoms with E-state index < -0.39 is 11.5 Å². The van der Waals surface area contributed by atoms with Crippen LogP contribution in [-0.4, -0.2) is 53.3 Å². The third-order valence-electron chi connectivity index (χ3n) is 5.49. The number of halogens is 2. The highest BCUT2D eigenvalue weighted by Crippen LogP contribution is 2.44. The molecule has 1 fully saturated rings. The van der Waals surface area contributed by atoms with Crippen molar-refractivity contribution in [3.63, 3.8) is 0 Å². The highest BCUT2D eigenvalue weighted by Gasteiger charge is 2.36. The summed E-state index contributed by atoms with van der Waals surface area (Å²) in [5.74, 6) is 0.395. The molecule has 0 aliphatic carbocycles. The van der Waals surface area contributed by atoms with Crippen molar-refractivity contribution in [2.24, 2.45) is 7.05 Å². The fourth-order valence-electron chi connectivity index (χ4n) is 4.26. The fourth-order valence-corrected chi connectivity index (χ4v) is 4.50. The first-order valence-corrected chi connectivity index (χ1v) is 9.17. The molecule has 4 rings (SSSR count). The summed E-state index contributed by atoms with van der Waals surface area (Å²) >= 11 is 6.43. The van der Waals surface area contributed by atoms with Crippen LogP contribution in [0.1, 0.15) is 18.9 Å². The van der Waals surface area contributed by atoms with Gasteiger partial charge in [0.2, 0.25) is 0 Å². The van der Waals surface area contributed by atoms with Gasteiger partial charge in [-0.05, 0) is 20.9 Å². The Kier molecular flexibility index (Phi) is 4.11. The minimum absolute atomic E-state index is 0.135. The normalized spacial score (nSPS) is 23.4. The van der Waals surface area contributed by atoms with Crippen molar-refractivity contribution in [3.05, 3.63) is 26.9 Å². The second kappa shape index (κ2) is 6.09. The molecule has 1 aromatic carbocycles. The van der Waals surface area contributed by atoms with Gasteiger partial charge in [-0.25, -0.2) is 9.18 Å². The Bertz CT molecular complexity index is 961. The maximum absolute atomic E-state index is 15.1. The van der Waals surface area contributed by atoms with Gasteiger partial charge in [0.25, 0.3) is 0 Å². The fraction of sp³-hybridized carbons (Fsp3) is 0.556. The maximum Gasteiger partial charge on any atom is 0.349 e. The first kappa shape index (κ1) is 17.5. The van der Waals surface area contributed by atoms with Crippen LogP contribution in [0, 0.1) is 12.7 Å². The van der Waals surface area contributed by atoms with Gasteiger partial charge in [-0.1, -0.05) is 11.6 Å². The summed E-state index contributed by atoms with van der Waals surface area (Å²) in [6.07, 6.45) is 0.777. The molecule has 2 aliphatic rings. The molecule has 0 N–H and O–H groups in total. The van der Waals surface area contributed by atoms with E-state index in [1.165, 1.54) is 11.6 Å². The second-order valence-corrected chi connectivity index (χ2v) is 7.73. The Morgan fingerprint density at radius 2 is 2.04 bits per heavy atom. The van der Waals surface area contributed by atoms with Gasteiger partial charge < -0.3 is 14.5 Å². The van der Waals surface area contributed by atoms with Crippen LogP contribution in [0.3, 0.4) is 0 Å². The van der Waals surface area contributed by atoms with Crippen LogP contribution in [0.2, 0.25) is 5.02 Å². The monoisotopic (exact) mass is 380 g/mol. The van der Waals surface area contributed by atoms with E-state index in [1.54, 1.807) is 6.92 Å². The number of likely N-dealkylation sites (N-methyl/N-ethyl adjacent to an activating group) is 1. The van der Waals surface area contributed by atoms with Crippen molar-refractivity contribution in [2.45, 2.75) is 32.4 Å². The zero-order valence-electron chi connectivity index (χ0n) is 15.3. The van der Waals surface area contributed by atoms with Crippen molar-refractivity contribution >= 4 is 28.3 Å². The number of hydrogen-bond donors (Lipinski definition) is 0. The molecule has 0 radical (unpaired) electrons. The largest absolute Gasteiger partial charge is 0.491 e. The summed E-state index contributed by atoms with van der Waals surface area (Å²) < 4.78 is 22.3. The van der Waals surface area contributed by atoms with Crippen molar-refractivity contribution in [1.29, 1.82) is 0 Å². The van der Waals surface area contributed by atoms with E-state index in [2.05, 4.69) is 28.8 Å². The van der Waals surface area contributed by atoms with E-state index in [0.29, 0.717) is 23.6 Å². The lowest BCUT2D eigenvalue weighted by Crippen LogP contribution is -2.58. The number of aryl methyl sites for hydroxylation is 1. The third kappa shape index (κ3) is 2.41. The quantitative estimate of drug-likeness (QED) is 0.702. The Morgan fingerprint density at radius 3 is 2.77 bits per heavy atom. The molecule has 0 saturated carbocycles. The molecule has 2 atom stereocenters. The lowest BCUT2D eigenvalue weighted by atomic mass is 10.0. The average Bonchev–Trinajstić information content (AvgIpc) is 2.56. The standard InChI is InChI=1S/C18H22ClFN4O2/c1-9-7-22(3)8-11-5-6-26-16-12-15(14(20)10(2)13(16)19)23(4)18(25)21-17(12)24(9)11/h9,11H,5-8H2,1-4H3. The van der Waals surface area contributed by atoms with E-state index in [0.717, 1.165) is 19.5 Å². The Morgan fingerprint density at radius 1 is 1.31 bits per heavy atom. The van der Waals surface area contributed by atoms with Gasteiger partial charge in [0.1, 0.15) is 5.82 Å². The first-order valence-electron chi connectivity index (χ1n) is 8.79. The van der Waals surface area contributed by atoms with Crippen molar-refractivity contribution in [1.82, 2.24) is 14.5 Å². The van der Waals surface area contributed by atoms with Gasteiger partial charge in [0, 0.05) is 44.2 Å².